The molecule has 3 heterocycles. The number of hydrogen-bond acceptors (Lipinski definition) is 4. The normalized spacial score (nSPS) is 16.4. The molecule has 0 atom stereocenters. The van der Waals surface area contributed by atoms with E-state index in [0.717, 1.165) is 31.1 Å². The fourth-order valence-corrected chi connectivity index (χ4v) is 4.63. The van der Waals surface area contributed by atoms with Crippen molar-refractivity contribution in [3.8, 4) is 0 Å². The number of halogens is 1. The summed E-state index contributed by atoms with van der Waals surface area (Å²) < 4.78 is 2.93. The Morgan fingerprint density at radius 3 is 2.75 bits per heavy atom. The van der Waals surface area contributed by atoms with Gasteiger partial charge in [-0.1, -0.05) is 6.07 Å². The zero-order chi connectivity index (χ0) is 17.2. The van der Waals surface area contributed by atoms with E-state index in [4.69, 9.17) is 4.99 Å². The molecule has 0 fully saturated rings. The second-order valence-corrected chi connectivity index (χ2v) is 9.04. The molecule has 1 aliphatic rings. The monoisotopic (exact) mass is 401 g/mol. The first-order chi connectivity index (χ1) is 11.3. The van der Waals surface area contributed by atoms with E-state index in [2.05, 4.69) is 46.9 Å². The largest absolute Gasteiger partial charge is 0.291 e. The maximum Gasteiger partial charge on any atom is 0.191 e. The molecule has 0 aliphatic carbocycles. The number of hydrogen-bond donors (Lipinski definition) is 0. The van der Waals surface area contributed by atoms with Crippen molar-refractivity contribution < 1.29 is 4.79 Å². The standard InChI is InChI=1S/C18H16BrN3OS/c1-9-5-6-12-14(10(9)2)20-8-22(12)17-15-11(7-13(19)24-15)16(23)18(3,4)21-17/h5-8H,1-4H3. The minimum Gasteiger partial charge on any atom is -0.291 e. The van der Waals surface area contributed by atoms with Gasteiger partial charge in [0.25, 0.3) is 0 Å². The van der Waals surface area contributed by atoms with Crippen LogP contribution in [0.1, 0.15) is 40.2 Å². The molecule has 122 valence electrons. The van der Waals surface area contributed by atoms with Gasteiger partial charge in [-0.05, 0) is 66.9 Å². The summed E-state index contributed by atoms with van der Waals surface area (Å²) in [5.74, 6) is 0.843. The van der Waals surface area contributed by atoms with Crippen LogP contribution in [0.5, 0.6) is 0 Å². The maximum atomic E-state index is 12.7. The van der Waals surface area contributed by atoms with E-state index < -0.39 is 5.54 Å². The fraction of sp³-hybridized carbons (Fsp3) is 0.278. The second kappa shape index (κ2) is 5.10. The highest BCUT2D eigenvalue weighted by atomic mass is 79.9. The van der Waals surface area contributed by atoms with Gasteiger partial charge in [-0.25, -0.2) is 4.98 Å². The number of thiophene rings is 1. The van der Waals surface area contributed by atoms with Gasteiger partial charge in [0.2, 0.25) is 0 Å². The lowest BCUT2D eigenvalue weighted by Crippen LogP contribution is -2.37. The summed E-state index contributed by atoms with van der Waals surface area (Å²) in [5, 5.41) is 0. The molecule has 0 amide bonds. The molecule has 6 heteroatoms. The number of fused-ring (bicyclic) bond motifs is 2. The molecule has 0 saturated carbocycles. The molecule has 2 aromatic heterocycles. The lowest BCUT2D eigenvalue weighted by Gasteiger charge is -2.25. The van der Waals surface area contributed by atoms with E-state index in [9.17, 15) is 4.79 Å². The van der Waals surface area contributed by atoms with Crippen molar-refractivity contribution in [1.82, 2.24) is 9.55 Å². The van der Waals surface area contributed by atoms with E-state index in [0.29, 0.717) is 0 Å². The van der Waals surface area contributed by atoms with E-state index in [-0.39, 0.29) is 5.78 Å². The number of aromatic nitrogens is 2. The van der Waals surface area contributed by atoms with Gasteiger partial charge < -0.3 is 0 Å². The molecule has 0 bridgehead atoms. The Bertz CT molecular complexity index is 1040. The van der Waals surface area contributed by atoms with Crippen molar-refractivity contribution in [3.05, 3.63) is 49.9 Å². The molecule has 1 aliphatic heterocycles. The molecule has 0 radical (unpaired) electrons. The van der Waals surface area contributed by atoms with Gasteiger partial charge in [0.1, 0.15) is 11.9 Å². The molecule has 24 heavy (non-hydrogen) atoms. The molecule has 1 aromatic carbocycles. The smallest absolute Gasteiger partial charge is 0.191 e. The Morgan fingerprint density at radius 1 is 1.25 bits per heavy atom. The summed E-state index contributed by atoms with van der Waals surface area (Å²) in [7, 11) is 0. The van der Waals surface area contributed by atoms with Gasteiger partial charge in [-0.2, -0.15) is 0 Å². The van der Waals surface area contributed by atoms with Crippen molar-refractivity contribution in [2.45, 2.75) is 33.2 Å². The number of imidazole rings is 1. The zero-order valence-corrected chi connectivity index (χ0v) is 16.2. The Balaban J connectivity index is 2.02. The van der Waals surface area contributed by atoms with Gasteiger partial charge in [0.05, 0.1) is 19.7 Å². The summed E-state index contributed by atoms with van der Waals surface area (Å²) in [6.45, 7) is 7.89. The first-order valence-electron chi connectivity index (χ1n) is 7.67. The third-order valence-electron chi connectivity index (χ3n) is 4.56. The van der Waals surface area contributed by atoms with Gasteiger partial charge in [0.15, 0.2) is 11.6 Å². The third-order valence-corrected chi connectivity index (χ3v) is 6.20. The van der Waals surface area contributed by atoms with Crippen molar-refractivity contribution in [3.63, 3.8) is 0 Å². The Morgan fingerprint density at radius 2 is 2.00 bits per heavy atom. The van der Waals surface area contributed by atoms with Crippen LogP contribution < -0.4 is 0 Å². The van der Waals surface area contributed by atoms with Crippen LogP contribution in [-0.4, -0.2) is 26.7 Å². The van der Waals surface area contributed by atoms with Crippen LogP contribution >= 0.6 is 27.3 Å². The number of rotatable bonds is 0. The van der Waals surface area contributed by atoms with Gasteiger partial charge in [-0.3, -0.25) is 14.4 Å². The number of carbonyl (C=O) groups is 1. The average Bonchev–Trinajstić information content (AvgIpc) is 3.11. The summed E-state index contributed by atoms with van der Waals surface area (Å²) in [4.78, 5) is 22.9. The molecule has 4 rings (SSSR count). The van der Waals surface area contributed by atoms with E-state index in [1.54, 1.807) is 6.33 Å². The molecular weight excluding hydrogens is 386 g/mol. The highest BCUT2D eigenvalue weighted by Crippen LogP contribution is 2.36. The predicted molar refractivity (Wildman–Crippen MR) is 102 cm³/mol. The summed E-state index contributed by atoms with van der Waals surface area (Å²) >= 11 is 5.04. The van der Waals surface area contributed by atoms with Crippen LogP contribution in [-0.2, 0) is 0 Å². The Kier molecular flexibility index (Phi) is 3.34. The molecular formula is C18H16BrN3OS. The summed E-state index contributed by atoms with van der Waals surface area (Å²) in [5.41, 5.74) is 4.33. The van der Waals surface area contributed by atoms with Crippen LogP contribution in [0, 0.1) is 13.8 Å². The van der Waals surface area contributed by atoms with Crippen molar-refractivity contribution in [2.24, 2.45) is 4.99 Å². The quantitative estimate of drug-likeness (QED) is 0.545. The zero-order valence-electron chi connectivity index (χ0n) is 13.8. The molecule has 0 saturated heterocycles. The topological polar surface area (TPSA) is 47.2 Å². The van der Waals surface area contributed by atoms with Crippen LogP contribution in [0.3, 0.4) is 0 Å². The SMILES string of the molecule is Cc1ccc2c(ncn2C2=NC(C)(C)C(=O)c3cc(Br)sc32)c1C. The minimum atomic E-state index is -0.779. The van der Waals surface area contributed by atoms with Gasteiger partial charge >= 0.3 is 0 Å². The molecule has 3 aromatic rings. The number of ketones is 1. The highest BCUT2D eigenvalue weighted by molar-refractivity contribution is 9.11. The van der Waals surface area contributed by atoms with Crippen molar-refractivity contribution >= 4 is 49.9 Å². The average molecular weight is 402 g/mol. The summed E-state index contributed by atoms with van der Waals surface area (Å²) in [6.07, 6.45) is 1.80. The second-order valence-electron chi connectivity index (χ2n) is 6.61. The van der Waals surface area contributed by atoms with E-state index in [1.807, 2.05) is 24.5 Å². The number of carbonyl (C=O) groups excluding carboxylic acids is 1. The number of aryl methyl sites for hydroxylation is 2. The predicted octanol–water partition coefficient (Wildman–Crippen LogP) is 4.75. The first kappa shape index (κ1) is 15.7. The summed E-state index contributed by atoms with van der Waals surface area (Å²) in [6, 6.07) is 6.06. The Hall–Kier alpha value is -1.79. The number of Topliss-reactive ketones (excluding diaryl/α,β-unsaturated/α-hetero) is 1. The van der Waals surface area contributed by atoms with E-state index in [1.165, 1.54) is 22.5 Å². The number of nitrogens with zero attached hydrogens (tertiary/aromatic N) is 3. The van der Waals surface area contributed by atoms with Crippen molar-refractivity contribution in [2.75, 3.05) is 0 Å². The third kappa shape index (κ3) is 2.13. The maximum absolute atomic E-state index is 12.7. The van der Waals surface area contributed by atoms with Crippen LogP contribution in [0.4, 0.5) is 0 Å². The van der Waals surface area contributed by atoms with Crippen LogP contribution in [0.2, 0.25) is 0 Å². The number of benzene rings is 1. The minimum absolute atomic E-state index is 0.0552. The van der Waals surface area contributed by atoms with Gasteiger partial charge in [0, 0.05) is 5.56 Å². The van der Waals surface area contributed by atoms with E-state index >= 15 is 0 Å². The lowest BCUT2D eigenvalue weighted by molar-refractivity contribution is 0.0912. The highest BCUT2D eigenvalue weighted by Gasteiger charge is 2.38. The molecule has 4 nitrogen and oxygen atoms in total. The van der Waals surface area contributed by atoms with Gasteiger partial charge in [-0.15, -0.1) is 11.3 Å². The van der Waals surface area contributed by atoms with Crippen LogP contribution in [0.15, 0.2) is 33.3 Å². The Labute approximate surface area is 152 Å². The van der Waals surface area contributed by atoms with Crippen molar-refractivity contribution in [1.29, 1.82) is 0 Å². The molecule has 0 unspecified atom stereocenters. The number of aliphatic imine (C=N–C) groups is 1. The fourth-order valence-electron chi connectivity index (χ4n) is 3.05. The molecule has 0 spiro atoms. The first-order valence-corrected chi connectivity index (χ1v) is 9.28. The molecule has 0 N–H and O–H groups in total. The lowest BCUT2D eigenvalue weighted by atomic mass is 9.91. The van der Waals surface area contributed by atoms with Crippen LogP contribution in [0.25, 0.3) is 11.0 Å².